The number of carbonyl (C=O) groups excluding carboxylic acids is 1. The van der Waals surface area contributed by atoms with E-state index in [-0.39, 0.29) is 5.91 Å². The quantitative estimate of drug-likeness (QED) is 0.831. The van der Waals surface area contributed by atoms with Crippen LogP contribution < -0.4 is 10.6 Å². The topological polar surface area (TPSA) is 66.9 Å². The molecule has 1 aliphatic rings. The van der Waals surface area contributed by atoms with Gasteiger partial charge in [0.05, 0.1) is 0 Å². The molecule has 0 atom stereocenters. The third kappa shape index (κ3) is 2.08. The average Bonchev–Trinajstić information content (AvgIpc) is 2.87. The number of hydrogen-bond donors (Lipinski definition) is 2. The number of amides is 1. The fraction of sp³-hybridized carbons (Fsp3) is 0.154. The Kier molecular flexibility index (Phi) is 2.74. The van der Waals surface area contributed by atoms with Crippen LogP contribution in [0.3, 0.4) is 0 Å². The number of benzene rings is 1. The van der Waals surface area contributed by atoms with Gasteiger partial charge < -0.3 is 5.32 Å². The van der Waals surface area contributed by atoms with E-state index < -0.39 is 0 Å². The highest BCUT2D eigenvalue weighted by atomic mass is 16.1. The van der Waals surface area contributed by atoms with Crippen molar-refractivity contribution in [3.8, 4) is 0 Å². The molecule has 5 heteroatoms. The largest absolute Gasteiger partial charge is 0.309 e. The maximum atomic E-state index is 12.0. The van der Waals surface area contributed by atoms with Gasteiger partial charge in [-0.15, -0.1) is 0 Å². The molecule has 1 aromatic carbocycles. The van der Waals surface area contributed by atoms with Crippen LogP contribution in [0.5, 0.6) is 0 Å². The Labute approximate surface area is 104 Å². The van der Waals surface area contributed by atoms with Crippen LogP contribution >= 0.6 is 0 Å². The predicted molar refractivity (Wildman–Crippen MR) is 67.0 cm³/mol. The first-order chi connectivity index (χ1) is 8.83. The van der Waals surface area contributed by atoms with E-state index in [0.29, 0.717) is 11.5 Å². The van der Waals surface area contributed by atoms with Crippen molar-refractivity contribution in [2.75, 3.05) is 5.32 Å². The lowest BCUT2D eigenvalue weighted by Gasteiger charge is -2.05. The molecular formula is C13H12N4O. The molecule has 0 bridgehead atoms. The molecule has 0 fully saturated rings. The van der Waals surface area contributed by atoms with Gasteiger partial charge in [0.2, 0.25) is 5.95 Å². The lowest BCUT2D eigenvalue weighted by Crippen LogP contribution is -2.14. The van der Waals surface area contributed by atoms with E-state index in [4.69, 9.17) is 0 Å². The summed E-state index contributed by atoms with van der Waals surface area (Å²) in [7, 11) is 0. The number of hydrogen-bond acceptors (Lipinski definition) is 4. The van der Waals surface area contributed by atoms with Gasteiger partial charge in [0.1, 0.15) is 0 Å². The van der Waals surface area contributed by atoms with Gasteiger partial charge in [-0.2, -0.15) is 0 Å². The molecule has 90 valence electrons. The van der Waals surface area contributed by atoms with Gasteiger partial charge >= 0.3 is 0 Å². The van der Waals surface area contributed by atoms with Gasteiger partial charge in [0, 0.05) is 31.0 Å². The maximum Gasteiger partial charge on any atom is 0.258 e. The van der Waals surface area contributed by atoms with Gasteiger partial charge in [-0.25, -0.2) is 9.97 Å². The zero-order valence-corrected chi connectivity index (χ0v) is 9.68. The Morgan fingerprint density at radius 1 is 1.17 bits per heavy atom. The van der Waals surface area contributed by atoms with E-state index in [2.05, 4.69) is 20.6 Å². The van der Waals surface area contributed by atoms with Crippen LogP contribution in [0.4, 0.5) is 5.95 Å². The van der Waals surface area contributed by atoms with Gasteiger partial charge in [-0.3, -0.25) is 10.1 Å². The first kappa shape index (κ1) is 10.9. The lowest BCUT2D eigenvalue weighted by atomic mass is 10.1. The molecule has 0 spiro atoms. The summed E-state index contributed by atoms with van der Waals surface area (Å²) in [6.45, 7) is 1.69. The molecule has 2 aromatic rings. The van der Waals surface area contributed by atoms with Crippen molar-refractivity contribution in [2.24, 2.45) is 0 Å². The van der Waals surface area contributed by atoms with Crippen LogP contribution in [-0.4, -0.2) is 15.9 Å². The van der Waals surface area contributed by atoms with Crippen LogP contribution in [0.15, 0.2) is 36.7 Å². The summed E-state index contributed by atoms with van der Waals surface area (Å²) in [5, 5.41) is 5.91. The monoisotopic (exact) mass is 240 g/mol. The minimum atomic E-state index is -0.184. The number of anilines is 1. The SMILES string of the molecule is O=C(Nc1ncccn1)c1ccc2c(c1)CNC2. The number of nitrogens with one attached hydrogen (secondary N) is 2. The normalized spacial score (nSPS) is 13.1. The Bertz CT molecular complexity index is 583. The molecular weight excluding hydrogens is 228 g/mol. The van der Waals surface area contributed by atoms with Crippen LogP contribution in [0.25, 0.3) is 0 Å². The molecule has 0 aliphatic carbocycles. The van der Waals surface area contributed by atoms with E-state index in [0.717, 1.165) is 13.1 Å². The summed E-state index contributed by atoms with van der Waals surface area (Å²) < 4.78 is 0. The van der Waals surface area contributed by atoms with Crippen LogP contribution in [-0.2, 0) is 13.1 Å². The second kappa shape index (κ2) is 4.54. The third-order valence-electron chi connectivity index (χ3n) is 2.89. The van der Waals surface area contributed by atoms with Crippen molar-refractivity contribution in [3.63, 3.8) is 0 Å². The highest BCUT2D eigenvalue weighted by Crippen LogP contribution is 2.17. The summed E-state index contributed by atoms with van der Waals surface area (Å²) >= 11 is 0. The summed E-state index contributed by atoms with van der Waals surface area (Å²) in [6.07, 6.45) is 3.18. The minimum absolute atomic E-state index is 0.184. The molecule has 0 unspecified atom stereocenters. The fourth-order valence-electron chi connectivity index (χ4n) is 1.97. The van der Waals surface area contributed by atoms with E-state index >= 15 is 0 Å². The molecule has 0 radical (unpaired) electrons. The average molecular weight is 240 g/mol. The van der Waals surface area contributed by atoms with Crippen molar-refractivity contribution in [1.82, 2.24) is 15.3 Å². The molecule has 3 rings (SSSR count). The van der Waals surface area contributed by atoms with Crippen molar-refractivity contribution < 1.29 is 4.79 Å². The summed E-state index contributed by atoms with van der Waals surface area (Å²) in [6, 6.07) is 7.42. The van der Waals surface area contributed by atoms with Gasteiger partial charge in [0.15, 0.2) is 0 Å². The summed E-state index contributed by atoms with van der Waals surface area (Å²) in [5.74, 6) is 0.136. The van der Waals surface area contributed by atoms with Crippen molar-refractivity contribution in [3.05, 3.63) is 53.3 Å². The second-order valence-corrected chi connectivity index (χ2v) is 4.11. The number of fused-ring (bicyclic) bond motifs is 1. The molecule has 18 heavy (non-hydrogen) atoms. The molecule has 0 saturated heterocycles. The van der Waals surface area contributed by atoms with E-state index in [9.17, 15) is 4.79 Å². The van der Waals surface area contributed by atoms with Crippen molar-refractivity contribution in [2.45, 2.75) is 13.1 Å². The fourth-order valence-corrected chi connectivity index (χ4v) is 1.97. The zero-order valence-electron chi connectivity index (χ0n) is 9.68. The Morgan fingerprint density at radius 2 is 1.94 bits per heavy atom. The first-order valence-electron chi connectivity index (χ1n) is 5.74. The summed E-state index contributed by atoms with van der Waals surface area (Å²) in [4.78, 5) is 19.9. The number of carbonyl (C=O) groups is 1. The Hall–Kier alpha value is -2.27. The van der Waals surface area contributed by atoms with Crippen LogP contribution in [0.1, 0.15) is 21.5 Å². The molecule has 2 heterocycles. The first-order valence-corrected chi connectivity index (χ1v) is 5.74. The lowest BCUT2D eigenvalue weighted by molar-refractivity contribution is 0.102. The van der Waals surface area contributed by atoms with Crippen LogP contribution in [0, 0.1) is 0 Å². The standard InChI is InChI=1S/C13H12N4O/c18-12(17-13-15-4-1-5-16-13)9-2-3-10-7-14-8-11(10)6-9/h1-6,14H,7-8H2,(H,15,16,17,18). The molecule has 1 amide bonds. The van der Waals surface area contributed by atoms with Crippen LogP contribution in [0.2, 0.25) is 0 Å². The zero-order chi connectivity index (χ0) is 12.4. The molecule has 0 saturated carbocycles. The smallest absolute Gasteiger partial charge is 0.258 e. The van der Waals surface area contributed by atoms with Gasteiger partial charge in [-0.1, -0.05) is 6.07 Å². The molecule has 5 nitrogen and oxygen atoms in total. The van der Waals surface area contributed by atoms with E-state index in [1.807, 2.05) is 18.2 Å². The minimum Gasteiger partial charge on any atom is -0.309 e. The molecule has 1 aliphatic heterocycles. The third-order valence-corrected chi connectivity index (χ3v) is 2.89. The van der Waals surface area contributed by atoms with Crippen molar-refractivity contribution in [1.29, 1.82) is 0 Å². The Balaban J connectivity index is 1.81. The highest BCUT2D eigenvalue weighted by molar-refractivity contribution is 6.03. The van der Waals surface area contributed by atoms with Gasteiger partial charge in [0.25, 0.3) is 5.91 Å². The molecule has 1 aromatic heterocycles. The van der Waals surface area contributed by atoms with E-state index in [1.165, 1.54) is 11.1 Å². The molecule has 2 N–H and O–H groups in total. The number of aromatic nitrogens is 2. The number of rotatable bonds is 2. The van der Waals surface area contributed by atoms with E-state index in [1.54, 1.807) is 18.5 Å². The number of nitrogens with zero attached hydrogens (tertiary/aromatic N) is 2. The predicted octanol–water partition coefficient (Wildman–Crippen LogP) is 1.33. The Morgan fingerprint density at radius 3 is 2.78 bits per heavy atom. The summed E-state index contributed by atoms with van der Waals surface area (Å²) in [5.41, 5.74) is 3.06. The van der Waals surface area contributed by atoms with Crippen molar-refractivity contribution >= 4 is 11.9 Å². The van der Waals surface area contributed by atoms with Gasteiger partial charge in [-0.05, 0) is 29.3 Å². The maximum absolute atomic E-state index is 12.0. The second-order valence-electron chi connectivity index (χ2n) is 4.11. The highest BCUT2D eigenvalue weighted by Gasteiger charge is 2.13.